The highest BCUT2D eigenvalue weighted by Crippen LogP contribution is 2.30. The van der Waals surface area contributed by atoms with Gasteiger partial charge in [0.15, 0.2) is 0 Å². The number of oxime groups is 1. The van der Waals surface area contributed by atoms with E-state index in [1.807, 2.05) is 29.6 Å². The Balaban J connectivity index is 1.75. The second-order valence-corrected chi connectivity index (χ2v) is 4.69. The summed E-state index contributed by atoms with van der Waals surface area (Å²) in [6, 6.07) is 7.55. The zero-order chi connectivity index (χ0) is 12.4. The average Bonchev–Trinajstić information content (AvgIpc) is 3.05. The summed E-state index contributed by atoms with van der Waals surface area (Å²) in [5.41, 5.74) is 2.52. The molecular weight excluding hydrogens is 250 g/mol. The Morgan fingerprint density at radius 1 is 1.39 bits per heavy atom. The Morgan fingerprint density at radius 3 is 3.11 bits per heavy atom. The summed E-state index contributed by atoms with van der Waals surface area (Å²) >= 11 is 1.65. The van der Waals surface area contributed by atoms with Crippen LogP contribution >= 0.6 is 11.3 Å². The van der Waals surface area contributed by atoms with E-state index < -0.39 is 0 Å². The molecule has 1 aromatic heterocycles. The number of hydrogen-bond donors (Lipinski definition) is 1. The molecule has 18 heavy (non-hydrogen) atoms. The first-order valence-corrected chi connectivity index (χ1v) is 6.43. The van der Waals surface area contributed by atoms with Gasteiger partial charge in [-0.2, -0.15) is 11.3 Å². The molecule has 0 fully saturated rings. The number of fused-ring (bicyclic) bond motifs is 1. The molecule has 1 aromatic carbocycles. The standard InChI is InChI=1S/C13H11NO3S/c15-14-12-7-17-13-5-10(1-2-11(12)13)16-6-9-3-4-18-8-9/h1-5,8,15H,6-7H2. The third-order valence-electron chi connectivity index (χ3n) is 2.73. The number of benzene rings is 1. The van der Waals surface area contributed by atoms with Gasteiger partial charge in [0.25, 0.3) is 0 Å². The topological polar surface area (TPSA) is 51.1 Å². The molecule has 0 unspecified atom stereocenters. The zero-order valence-corrected chi connectivity index (χ0v) is 10.3. The van der Waals surface area contributed by atoms with Crippen LogP contribution in [0.25, 0.3) is 0 Å². The second-order valence-electron chi connectivity index (χ2n) is 3.91. The van der Waals surface area contributed by atoms with Gasteiger partial charge in [-0.15, -0.1) is 0 Å². The Morgan fingerprint density at radius 2 is 2.33 bits per heavy atom. The third kappa shape index (κ3) is 2.04. The average molecular weight is 261 g/mol. The highest BCUT2D eigenvalue weighted by atomic mass is 32.1. The lowest BCUT2D eigenvalue weighted by molar-refractivity contribution is 0.303. The van der Waals surface area contributed by atoms with Crippen LogP contribution in [-0.4, -0.2) is 17.5 Å². The van der Waals surface area contributed by atoms with E-state index in [0.29, 0.717) is 24.7 Å². The van der Waals surface area contributed by atoms with E-state index >= 15 is 0 Å². The van der Waals surface area contributed by atoms with Crippen molar-refractivity contribution in [3.05, 3.63) is 46.2 Å². The van der Waals surface area contributed by atoms with Gasteiger partial charge in [-0.1, -0.05) is 5.16 Å². The van der Waals surface area contributed by atoms with Crippen LogP contribution in [0.2, 0.25) is 0 Å². The first kappa shape index (κ1) is 11.1. The van der Waals surface area contributed by atoms with Crippen molar-refractivity contribution in [1.82, 2.24) is 0 Å². The predicted molar refractivity (Wildman–Crippen MR) is 68.9 cm³/mol. The summed E-state index contributed by atoms with van der Waals surface area (Å²) in [5, 5.41) is 16.1. The summed E-state index contributed by atoms with van der Waals surface area (Å²) in [6.07, 6.45) is 0. The molecule has 5 heteroatoms. The van der Waals surface area contributed by atoms with E-state index in [1.165, 1.54) is 0 Å². The molecule has 92 valence electrons. The third-order valence-corrected chi connectivity index (χ3v) is 3.47. The molecule has 2 heterocycles. The van der Waals surface area contributed by atoms with E-state index in [-0.39, 0.29) is 0 Å². The largest absolute Gasteiger partial charge is 0.489 e. The molecule has 0 bridgehead atoms. The minimum absolute atomic E-state index is 0.305. The van der Waals surface area contributed by atoms with Crippen LogP contribution in [0, 0.1) is 0 Å². The number of rotatable bonds is 3. The highest BCUT2D eigenvalue weighted by molar-refractivity contribution is 7.07. The van der Waals surface area contributed by atoms with Crippen LogP contribution in [0.15, 0.2) is 40.2 Å². The van der Waals surface area contributed by atoms with Gasteiger partial charge < -0.3 is 14.7 Å². The number of nitrogens with zero attached hydrogens (tertiary/aromatic N) is 1. The fraction of sp³-hybridized carbons (Fsp3) is 0.154. The summed E-state index contributed by atoms with van der Waals surface area (Å²) in [6.45, 7) is 0.850. The van der Waals surface area contributed by atoms with E-state index in [1.54, 1.807) is 11.3 Å². The second kappa shape index (κ2) is 4.70. The molecule has 1 aliphatic rings. The predicted octanol–water partition coefficient (Wildman–Crippen LogP) is 2.90. The lowest BCUT2D eigenvalue weighted by atomic mass is 10.1. The van der Waals surface area contributed by atoms with Crippen molar-refractivity contribution in [3.63, 3.8) is 0 Å². The van der Waals surface area contributed by atoms with E-state index in [4.69, 9.17) is 14.7 Å². The first-order chi connectivity index (χ1) is 8.86. The van der Waals surface area contributed by atoms with Crippen LogP contribution in [0.5, 0.6) is 11.5 Å². The SMILES string of the molecule is ON=C1COc2cc(OCc3ccsc3)ccc21. The van der Waals surface area contributed by atoms with E-state index in [9.17, 15) is 0 Å². The molecule has 1 aliphatic heterocycles. The Bertz CT molecular complexity index is 578. The van der Waals surface area contributed by atoms with Crippen LogP contribution in [0.1, 0.15) is 11.1 Å². The lowest BCUT2D eigenvalue weighted by Crippen LogP contribution is -2.01. The number of thiophene rings is 1. The van der Waals surface area contributed by atoms with Crippen LogP contribution < -0.4 is 9.47 Å². The lowest BCUT2D eigenvalue weighted by Gasteiger charge is -2.06. The minimum atomic E-state index is 0.305. The molecule has 4 nitrogen and oxygen atoms in total. The highest BCUT2D eigenvalue weighted by Gasteiger charge is 2.20. The molecule has 0 aliphatic carbocycles. The molecule has 2 aromatic rings. The molecule has 0 atom stereocenters. The first-order valence-electron chi connectivity index (χ1n) is 5.49. The number of hydrogen-bond acceptors (Lipinski definition) is 5. The van der Waals surface area contributed by atoms with Crippen LogP contribution in [0.3, 0.4) is 0 Å². The smallest absolute Gasteiger partial charge is 0.134 e. The molecule has 0 saturated carbocycles. The van der Waals surface area contributed by atoms with Gasteiger partial charge in [0, 0.05) is 11.6 Å². The quantitative estimate of drug-likeness (QED) is 0.682. The maximum atomic E-state index is 8.79. The normalized spacial score (nSPS) is 15.4. The molecule has 0 spiro atoms. The summed E-state index contributed by atoms with van der Waals surface area (Å²) in [7, 11) is 0. The Kier molecular flexibility index (Phi) is 2.90. The van der Waals surface area contributed by atoms with Crippen LogP contribution in [0.4, 0.5) is 0 Å². The summed E-state index contributed by atoms with van der Waals surface area (Å²) in [5.74, 6) is 1.45. The van der Waals surface area contributed by atoms with Crippen molar-refractivity contribution < 1.29 is 14.7 Å². The molecule has 3 rings (SSSR count). The molecular formula is C13H11NO3S. The Labute approximate surface area is 108 Å². The molecule has 1 N–H and O–H groups in total. The van der Waals surface area contributed by atoms with E-state index in [0.717, 1.165) is 16.9 Å². The fourth-order valence-corrected chi connectivity index (χ4v) is 2.45. The van der Waals surface area contributed by atoms with Crippen LogP contribution in [-0.2, 0) is 6.61 Å². The van der Waals surface area contributed by atoms with Crippen molar-refractivity contribution in [2.24, 2.45) is 5.16 Å². The summed E-state index contributed by atoms with van der Waals surface area (Å²) < 4.78 is 11.1. The summed E-state index contributed by atoms with van der Waals surface area (Å²) in [4.78, 5) is 0. The van der Waals surface area contributed by atoms with Gasteiger partial charge >= 0.3 is 0 Å². The minimum Gasteiger partial charge on any atom is -0.489 e. The van der Waals surface area contributed by atoms with Crippen molar-refractivity contribution in [2.45, 2.75) is 6.61 Å². The van der Waals surface area contributed by atoms with Gasteiger partial charge in [-0.05, 0) is 34.5 Å². The maximum Gasteiger partial charge on any atom is 0.134 e. The molecule has 0 amide bonds. The van der Waals surface area contributed by atoms with Crippen molar-refractivity contribution in [1.29, 1.82) is 0 Å². The van der Waals surface area contributed by atoms with Crippen molar-refractivity contribution in [2.75, 3.05) is 6.61 Å². The number of ether oxygens (including phenoxy) is 2. The van der Waals surface area contributed by atoms with Gasteiger partial charge in [-0.3, -0.25) is 0 Å². The van der Waals surface area contributed by atoms with Gasteiger partial charge in [0.1, 0.15) is 30.4 Å². The molecule has 0 radical (unpaired) electrons. The van der Waals surface area contributed by atoms with Crippen molar-refractivity contribution in [3.8, 4) is 11.5 Å². The van der Waals surface area contributed by atoms with Crippen molar-refractivity contribution >= 4 is 17.0 Å². The van der Waals surface area contributed by atoms with Gasteiger partial charge in [0.05, 0.1) is 0 Å². The van der Waals surface area contributed by atoms with Gasteiger partial charge in [0.2, 0.25) is 0 Å². The Hall–Kier alpha value is -2.01. The molecule has 0 saturated heterocycles. The monoisotopic (exact) mass is 261 g/mol. The van der Waals surface area contributed by atoms with Gasteiger partial charge in [-0.25, -0.2) is 0 Å². The maximum absolute atomic E-state index is 8.79. The zero-order valence-electron chi connectivity index (χ0n) is 9.50. The van der Waals surface area contributed by atoms with E-state index in [2.05, 4.69) is 10.5 Å². The fourth-order valence-electron chi connectivity index (χ4n) is 1.80.